The Labute approximate surface area is 65.3 Å². The zero-order valence-corrected chi connectivity index (χ0v) is 6.90. The number of hydrogen-bond donors (Lipinski definition) is 1. The first-order valence-electron chi connectivity index (χ1n) is 3.54. The number of aliphatic hydroxyl groups excluding tert-OH is 1. The van der Waals surface area contributed by atoms with Gasteiger partial charge in [-0.05, 0) is 28.8 Å². The summed E-state index contributed by atoms with van der Waals surface area (Å²) in [4.78, 5) is 0. The van der Waals surface area contributed by atoms with Crippen LogP contribution in [0.3, 0.4) is 0 Å². The van der Waals surface area contributed by atoms with E-state index in [4.69, 9.17) is 0 Å². The molecule has 1 heterocycles. The van der Waals surface area contributed by atoms with E-state index in [1.54, 1.807) is 11.3 Å². The van der Waals surface area contributed by atoms with Gasteiger partial charge in [-0.25, -0.2) is 0 Å². The number of rotatable bonds is 3. The van der Waals surface area contributed by atoms with Gasteiger partial charge in [0, 0.05) is 0 Å². The molecular formula is C8H12OS. The van der Waals surface area contributed by atoms with Gasteiger partial charge in [0.15, 0.2) is 0 Å². The zero-order chi connectivity index (χ0) is 7.40. The van der Waals surface area contributed by atoms with E-state index in [0.29, 0.717) is 0 Å². The Morgan fingerprint density at radius 3 is 3.00 bits per heavy atom. The van der Waals surface area contributed by atoms with Crippen molar-refractivity contribution in [3.8, 4) is 0 Å². The van der Waals surface area contributed by atoms with Crippen LogP contribution in [0.1, 0.15) is 31.4 Å². The summed E-state index contributed by atoms with van der Waals surface area (Å²) >= 11 is 1.63. The fraction of sp³-hybridized carbons (Fsp3) is 0.500. The van der Waals surface area contributed by atoms with Gasteiger partial charge in [-0.2, -0.15) is 11.3 Å². The van der Waals surface area contributed by atoms with Gasteiger partial charge in [0.1, 0.15) is 0 Å². The molecule has 1 N–H and O–H groups in total. The van der Waals surface area contributed by atoms with Gasteiger partial charge < -0.3 is 5.11 Å². The van der Waals surface area contributed by atoms with Crippen LogP contribution >= 0.6 is 11.3 Å². The Bertz CT molecular complexity index is 169. The molecule has 0 aromatic carbocycles. The zero-order valence-electron chi connectivity index (χ0n) is 6.08. The second-order valence-corrected chi connectivity index (χ2v) is 3.14. The summed E-state index contributed by atoms with van der Waals surface area (Å²) in [6, 6.07) is 1.98. The molecule has 56 valence electrons. The fourth-order valence-electron chi connectivity index (χ4n) is 0.905. The molecule has 0 aliphatic heterocycles. The van der Waals surface area contributed by atoms with Gasteiger partial charge in [-0.3, -0.25) is 0 Å². The molecule has 1 nitrogen and oxygen atoms in total. The van der Waals surface area contributed by atoms with Crippen LogP contribution in [0.4, 0.5) is 0 Å². The maximum absolute atomic E-state index is 9.42. The molecule has 0 aliphatic rings. The van der Waals surface area contributed by atoms with Crippen LogP contribution < -0.4 is 0 Å². The lowest BCUT2D eigenvalue weighted by molar-refractivity contribution is 0.167. The van der Waals surface area contributed by atoms with E-state index in [2.05, 4.69) is 6.92 Å². The summed E-state index contributed by atoms with van der Waals surface area (Å²) in [5.41, 5.74) is 1.06. The predicted octanol–water partition coefficient (Wildman–Crippen LogP) is 2.58. The Balaban J connectivity index is 2.50. The molecule has 10 heavy (non-hydrogen) atoms. The van der Waals surface area contributed by atoms with Crippen molar-refractivity contribution in [3.05, 3.63) is 22.4 Å². The quantitative estimate of drug-likeness (QED) is 0.713. The highest BCUT2D eigenvalue weighted by atomic mass is 32.1. The van der Waals surface area contributed by atoms with Crippen LogP contribution in [0.2, 0.25) is 0 Å². The van der Waals surface area contributed by atoms with Crippen molar-refractivity contribution in [1.82, 2.24) is 0 Å². The standard InChI is InChI=1S/C8H12OS/c1-2-3-8(9)7-4-5-10-6-7/h4-6,8-9H,2-3H2,1H3. The van der Waals surface area contributed by atoms with Crippen LogP contribution in [-0.4, -0.2) is 5.11 Å². The molecule has 0 aliphatic carbocycles. The van der Waals surface area contributed by atoms with Crippen molar-refractivity contribution in [2.75, 3.05) is 0 Å². The van der Waals surface area contributed by atoms with Crippen molar-refractivity contribution in [2.24, 2.45) is 0 Å². The van der Waals surface area contributed by atoms with E-state index in [9.17, 15) is 5.11 Å². The van der Waals surface area contributed by atoms with Crippen LogP contribution in [0.25, 0.3) is 0 Å². The molecule has 0 spiro atoms. The monoisotopic (exact) mass is 156 g/mol. The maximum Gasteiger partial charge on any atom is 0.0798 e. The van der Waals surface area contributed by atoms with Gasteiger partial charge >= 0.3 is 0 Å². The lowest BCUT2D eigenvalue weighted by Gasteiger charge is -2.04. The number of hydrogen-bond acceptors (Lipinski definition) is 2. The highest BCUT2D eigenvalue weighted by Gasteiger charge is 2.04. The molecule has 0 saturated heterocycles. The minimum absolute atomic E-state index is 0.240. The highest BCUT2D eigenvalue weighted by molar-refractivity contribution is 7.07. The minimum Gasteiger partial charge on any atom is -0.388 e. The lowest BCUT2D eigenvalue weighted by Crippen LogP contribution is -1.93. The first-order valence-corrected chi connectivity index (χ1v) is 4.49. The summed E-state index contributed by atoms with van der Waals surface area (Å²) in [7, 11) is 0. The third-order valence-electron chi connectivity index (χ3n) is 1.49. The first-order chi connectivity index (χ1) is 4.84. The second-order valence-electron chi connectivity index (χ2n) is 2.36. The Hall–Kier alpha value is -0.340. The SMILES string of the molecule is CCCC(O)c1ccsc1. The van der Waals surface area contributed by atoms with E-state index >= 15 is 0 Å². The molecule has 0 bridgehead atoms. The van der Waals surface area contributed by atoms with Crippen molar-refractivity contribution >= 4 is 11.3 Å². The minimum atomic E-state index is -0.240. The topological polar surface area (TPSA) is 20.2 Å². The van der Waals surface area contributed by atoms with Gasteiger partial charge in [-0.1, -0.05) is 13.3 Å². The van der Waals surface area contributed by atoms with Gasteiger partial charge in [-0.15, -0.1) is 0 Å². The van der Waals surface area contributed by atoms with E-state index in [0.717, 1.165) is 18.4 Å². The third-order valence-corrected chi connectivity index (χ3v) is 2.19. The number of aliphatic hydroxyl groups is 1. The van der Waals surface area contributed by atoms with E-state index in [1.807, 2.05) is 16.8 Å². The van der Waals surface area contributed by atoms with Gasteiger partial charge in [0.2, 0.25) is 0 Å². The first kappa shape index (κ1) is 7.76. The number of thiophene rings is 1. The molecule has 0 radical (unpaired) electrons. The summed E-state index contributed by atoms with van der Waals surface area (Å²) in [5, 5.41) is 13.4. The molecular weight excluding hydrogens is 144 g/mol. The Morgan fingerprint density at radius 2 is 2.50 bits per heavy atom. The van der Waals surface area contributed by atoms with E-state index in [1.165, 1.54) is 0 Å². The lowest BCUT2D eigenvalue weighted by atomic mass is 10.1. The van der Waals surface area contributed by atoms with Crippen LogP contribution in [0.5, 0.6) is 0 Å². The summed E-state index contributed by atoms with van der Waals surface area (Å²) in [5.74, 6) is 0. The van der Waals surface area contributed by atoms with Crippen molar-refractivity contribution in [1.29, 1.82) is 0 Å². The molecule has 1 atom stereocenters. The summed E-state index contributed by atoms with van der Waals surface area (Å²) in [6.45, 7) is 2.08. The Morgan fingerprint density at radius 1 is 1.70 bits per heavy atom. The van der Waals surface area contributed by atoms with Gasteiger partial charge in [0.05, 0.1) is 6.10 Å². The largest absolute Gasteiger partial charge is 0.388 e. The van der Waals surface area contributed by atoms with E-state index in [-0.39, 0.29) is 6.10 Å². The predicted molar refractivity (Wildman–Crippen MR) is 44.2 cm³/mol. The molecule has 0 amide bonds. The van der Waals surface area contributed by atoms with Crippen molar-refractivity contribution in [3.63, 3.8) is 0 Å². The molecule has 1 aromatic rings. The summed E-state index contributed by atoms with van der Waals surface area (Å²) < 4.78 is 0. The molecule has 1 unspecified atom stereocenters. The fourth-order valence-corrected chi connectivity index (χ4v) is 1.61. The van der Waals surface area contributed by atoms with Crippen molar-refractivity contribution < 1.29 is 5.11 Å². The molecule has 0 fully saturated rings. The second kappa shape index (κ2) is 3.74. The normalized spacial score (nSPS) is 13.4. The van der Waals surface area contributed by atoms with Crippen LogP contribution in [0.15, 0.2) is 16.8 Å². The highest BCUT2D eigenvalue weighted by Crippen LogP contribution is 2.19. The average Bonchev–Trinajstić information content (AvgIpc) is 2.38. The summed E-state index contributed by atoms with van der Waals surface area (Å²) in [6.07, 6.45) is 1.67. The van der Waals surface area contributed by atoms with Gasteiger partial charge in [0.25, 0.3) is 0 Å². The molecule has 1 aromatic heterocycles. The third kappa shape index (κ3) is 1.82. The van der Waals surface area contributed by atoms with Crippen LogP contribution in [-0.2, 0) is 0 Å². The van der Waals surface area contributed by atoms with E-state index < -0.39 is 0 Å². The molecule has 2 heteroatoms. The van der Waals surface area contributed by atoms with Crippen molar-refractivity contribution in [2.45, 2.75) is 25.9 Å². The molecule has 1 rings (SSSR count). The maximum atomic E-state index is 9.42. The average molecular weight is 156 g/mol. The van der Waals surface area contributed by atoms with Crippen LogP contribution in [0, 0.1) is 0 Å². The Kier molecular flexibility index (Phi) is 2.90. The smallest absolute Gasteiger partial charge is 0.0798 e. The molecule has 0 saturated carbocycles.